The summed E-state index contributed by atoms with van der Waals surface area (Å²) in [5.41, 5.74) is 5.65. The zero-order valence-corrected chi connectivity index (χ0v) is 37.8. The predicted octanol–water partition coefficient (Wildman–Crippen LogP) is 2.00. The Bertz CT molecular complexity index is 2260. The van der Waals surface area contributed by atoms with Gasteiger partial charge in [-0.3, -0.25) is 4.68 Å². The largest absolute Gasteiger partial charge is 0.748 e. The van der Waals surface area contributed by atoms with E-state index >= 15 is 0 Å². The van der Waals surface area contributed by atoms with Crippen molar-refractivity contribution < 1.29 is 56.5 Å². The van der Waals surface area contributed by atoms with E-state index in [1.54, 1.807) is 9.36 Å². The molecule has 0 spiro atoms. The molecule has 4 aromatic rings. The molecule has 0 saturated carbocycles. The first kappa shape index (κ1) is 49.6. The molecule has 2 aromatic heterocycles. The van der Waals surface area contributed by atoms with E-state index in [1.807, 2.05) is 75.0 Å². The van der Waals surface area contributed by atoms with Crippen molar-refractivity contribution >= 4 is 38.6 Å². The van der Waals surface area contributed by atoms with Gasteiger partial charge in [-0.2, -0.15) is 0 Å². The van der Waals surface area contributed by atoms with Crippen molar-refractivity contribution in [2.75, 3.05) is 109 Å². The van der Waals surface area contributed by atoms with Crippen LogP contribution in [0.2, 0.25) is 0 Å². The number of allylic oxidation sites excluding steroid dienone is 2. The second-order valence-electron chi connectivity index (χ2n) is 15.8. The quantitative estimate of drug-likeness (QED) is 0.0417. The number of carbonyl (C=O) groups is 1. The molecule has 0 aliphatic heterocycles. The average molecular weight is 911 g/mol. The highest BCUT2D eigenvalue weighted by Crippen LogP contribution is 2.45. The lowest BCUT2D eigenvalue weighted by Crippen LogP contribution is -2.40. The van der Waals surface area contributed by atoms with E-state index in [0.29, 0.717) is 105 Å². The third-order valence-electron chi connectivity index (χ3n) is 10.5. The Morgan fingerprint density at radius 3 is 1.80 bits per heavy atom. The van der Waals surface area contributed by atoms with Crippen molar-refractivity contribution in [2.24, 2.45) is 0 Å². The molecule has 0 saturated heterocycles. The highest BCUT2D eigenvalue weighted by Gasteiger charge is 2.31. The fourth-order valence-corrected chi connectivity index (χ4v) is 7.61. The van der Waals surface area contributed by atoms with E-state index < -0.39 is 22.7 Å². The third-order valence-corrected chi connectivity index (χ3v) is 11.2. The molecule has 0 atom stereocenters. The number of hydrogen-bond acceptors (Lipinski definition) is 17. The van der Waals surface area contributed by atoms with Gasteiger partial charge in [-0.1, -0.05) is 34.7 Å². The van der Waals surface area contributed by atoms with E-state index in [-0.39, 0.29) is 36.9 Å². The summed E-state index contributed by atoms with van der Waals surface area (Å²) >= 11 is 0. The summed E-state index contributed by atoms with van der Waals surface area (Å²) in [5.74, 6) is -1.57. The second-order valence-corrected chi connectivity index (χ2v) is 17.3. The van der Waals surface area contributed by atoms with Gasteiger partial charge in [-0.05, 0) is 49.2 Å². The minimum absolute atomic E-state index is 0.0389. The topological polar surface area (TPSA) is 243 Å². The van der Waals surface area contributed by atoms with Crippen molar-refractivity contribution in [3.05, 3.63) is 95.0 Å². The third kappa shape index (κ3) is 15.4. The number of rotatable bonds is 31. The van der Waals surface area contributed by atoms with Crippen LogP contribution in [0.5, 0.6) is 0 Å². The molecule has 2 N–H and O–H groups in total. The van der Waals surface area contributed by atoms with Crippen molar-refractivity contribution in [3.8, 4) is 0 Å². The SMILES string of the molecule is CCN(CCOCc1cn(CCOCCOCCOCC(=O)[O-])nn1)c1ccc(C2=C(O)C(c3ccc(N(CC)CCn4cc(C[N+](C)(C)CCCS(=O)(=O)[O-])nn4)cc3)=C2O)cc1. The van der Waals surface area contributed by atoms with Gasteiger partial charge in [0.15, 0.2) is 0 Å². The standard InChI is InChI=1S/C43H61N9O11S/c1-5-48(16-17-50-28-35(44-46-50)30-52(3,4)20-7-27-64(57,58)59)37-12-8-33(9-13-37)40-42(55)41(43(40)56)34-10-14-38(15-11-34)49(6-2)18-21-62-31-36-29-51(47-45-36)19-22-60-23-24-61-25-26-63-32-39(53)54/h8-15,28-29H,5-7,16-27,30-32H2,1-4H3,(H3-,53,54,55,56,57,58,59)/p-1. The second kappa shape index (κ2) is 24.0. The molecule has 0 bridgehead atoms. The molecule has 2 heterocycles. The first-order valence-electron chi connectivity index (χ1n) is 21.3. The number of anilines is 2. The van der Waals surface area contributed by atoms with Gasteiger partial charge in [0, 0.05) is 49.7 Å². The smallest absolute Gasteiger partial charge is 0.138 e. The van der Waals surface area contributed by atoms with E-state index in [9.17, 15) is 33.1 Å². The minimum Gasteiger partial charge on any atom is -0.748 e. The summed E-state index contributed by atoms with van der Waals surface area (Å²) in [5, 5.41) is 49.4. The molecule has 0 unspecified atom stereocenters. The molecule has 21 heteroatoms. The van der Waals surface area contributed by atoms with Crippen LogP contribution in [0.15, 0.2) is 72.4 Å². The molecule has 0 amide bonds. The zero-order chi connectivity index (χ0) is 46.1. The molecule has 64 heavy (non-hydrogen) atoms. The Balaban J connectivity index is 1.02. The number of aliphatic hydroxyl groups is 2. The number of aliphatic carboxylic acids is 1. The maximum Gasteiger partial charge on any atom is 0.138 e. The van der Waals surface area contributed by atoms with Crippen LogP contribution in [-0.4, -0.2) is 162 Å². The fourth-order valence-electron chi connectivity index (χ4n) is 7.13. The van der Waals surface area contributed by atoms with Gasteiger partial charge in [-0.25, -0.2) is 13.1 Å². The van der Waals surface area contributed by atoms with E-state index in [1.165, 1.54) is 0 Å². The van der Waals surface area contributed by atoms with Crippen LogP contribution in [-0.2, 0) is 60.1 Å². The maximum absolute atomic E-state index is 11.1. The minimum atomic E-state index is -4.24. The maximum atomic E-state index is 11.1. The number of carboxylic acids is 1. The number of aliphatic hydroxyl groups excluding tert-OH is 2. The first-order valence-corrected chi connectivity index (χ1v) is 22.9. The van der Waals surface area contributed by atoms with Gasteiger partial charge in [-0.15, -0.1) is 10.2 Å². The summed E-state index contributed by atoms with van der Waals surface area (Å²) < 4.78 is 58.5. The number of quaternary nitrogens is 1. The Kier molecular flexibility index (Phi) is 18.6. The number of nitrogens with zero attached hydrogens (tertiary/aromatic N) is 9. The number of likely N-dealkylation sites (N-methyl/N-ethyl adjacent to an activating group) is 2. The van der Waals surface area contributed by atoms with Crippen LogP contribution in [0.1, 0.15) is 42.8 Å². The van der Waals surface area contributed by atoms with Crippen molar-refractivity contribution in [3.63, 3.8) is 0 Å². The van der Waals surface area contributed by atoms with Gasteiger partial charge in [0.2, 0.25) is 0 Å². The number of aromatic nitrogens is 6. The number of benzene rings is 2. The van der Waals surface area contributed by atoms with Gasteiger partial charge < -0.3 is 57.9 Å². The molecular weight excluding hydrogens is 851 g/mol. The zero-order valence-electron chi connectivity index (χ0n) is 37.0. The van der Waals surface area contributed by atoms with Crippen LogP contribution in [0.4, 0.5) is 11.4 Å². The molecule has 20 nitrogen and oxygen atoms in total. The first-order chi connectivity index (χ1) is 30.7. The van der Waals surface area contributed by atoms with Crippen molar-refractivity contribution in [1.82, 2.24) is 30.0 Å². The molecule has 0 radical (unpaired) electrons. The van der Waals surface area contributed by atoms with Crippen molar-refractivity contribution in [2.45, 2.75) is 46.5 Å². The predicted molar refractivity (Wildman–Crippen MR) is 235 cm³/mol. The van der Waals surface area contributed by atoms with Crippen LogP contribution in [0.25, 0.3) is 11.1 Å². The molecular formula is C43H60N9O11S-. The summed E-state index contributed by atoms with van der Waals surface area (Å²) in [6.07, 6.45) is 3.98. The normalized spacial score (nSPS) is 13.1. The Hall–Kier alpha value is -5.42. The lowest BCUT2D eigenvalue weighted by molar-refractivity contribution is -0.903. The Morgan fingerprint density at radius 2 is 1.23 bits per heavy atom. The lowest BCUT2D eigenvalue weighted by Gasteiger charge is -2.29. The summed E-state index contributed by atoms with van der Waals surface area (Å²) in [6.45, 7) is 11.0. The van der Waals surface area contributed by atoms with E-state index in [0.717, 1.165) is 30.2 Å². The van der Waals surface area contributed by atoms with Gasteiger partial charge >= 0.3 is 0 Å². The Morgan fingerprint density at radius 1 is 0.719 bits per heavy atom. The van der Waals surface area contributed by atoms with Crippen LogP contribution < -0.4 is 14.9 Å². The number of carboxylic acid groups (broad SMARTS) is 1. The highest BCUT2D eigenvalue weighted by atomic mass is 32.2. The highest BCUT2D eigenvalue weighted by molar-refractivity contribution is 7.85. The molecule has 0 fully saturated rings. The number of carbonyl (C=O) groups excluding carboxylic acids is 1. The summed E-state index contributed by atoms with van der Waals surface area (Å²) in [4.78, 5) is 14.7. The van der Waals surface area contributed by atoms with Gasteiger partial charge in [0.05, 0.1) is 126 Å². The van der Waals surface area contributed by atoms with Crippen LogP contribution >= 0.6 is 0 Å². The lowest BCUT2D eigenvalue weighted by atomic mass is 9.84. The molecule has 1 aliphatic carbocycles. The van der Waals surface area contributed by atoms with Crippen molar-refractivity contribution in [1.29, 1.82) is 0 Å². The van der Waals surface area contributed by atoms with E-state index in [2.05, 4.69) is 44.3 Å². The summed E-state index contributed by atoms with van der Waals surface area (Å²) in [7, 11) is -0.313. The van der Waals surface area contributed by atoms with Crippen LogP contribution in [0.3, 0.4) is 0 Å². The van der Waals surface area contributed by atoms with Gasteiger partial charge in [0.1, 0.15) is 29.5 Å². The Labute approximate surface area is 374 Å². The molecule has 1 aliphatic rings. The van der Waals surface area contributed by atoms with Crippen LogP contribution in [0, 0.1) is 0 Å². The fraction of sp³-hybridized carbons (Fsp3) is 0.512. The average Bonchev–Trinajstić information content (AvgIpc) is 3.90. The molecule has 2 aromatic carbocycles. The van der Waals surface area contributed by atoms with E-state index in [4.69, 9.17) is 18.9 Å². The van der Waals surface area contributed by atoms with Gasteiger partial charge in [0.25, 0.3) is 0 Å². The monoisotopic (exact) mass is 910 g/mol. The number of hydrogen-bond donors (Lipinski definition) is 2. The molecule has 350 valence electrons. The number of ether oxygens (including phenoxy) is 4. The molecule has 5 rings (SSSR count). The summed E-state index contributed by atoms with van der Waals surface area (Å²) in [6, 6.07) is 15.4.